The molecule has 0 aromatic carbocycles. The van der Waals surface area contributed by atoms with Crippen LogP contribution in [0.2, 0.25) is 0 Å². The van der Waals surface area contributed by atoms with Crippen LogP contribution in [0, 0.1) is 0 Å². The van der Waals surface area contributed by atoms with Gasteiger partial charge < -0.3 is 0 Å². The number of thiophene rings is 1. The van der Waals surface area contributed by atoms with E-state index in [1.54, 1.807) is 11.3 Å². The van der Waals surface area contributed by atoms with E-state index in [1.165, 1.54) is 6.20 Å². The van der Waals surface area contributed by atoms with E-state index in [0.29, 0.717) is 12.1 Å². The SMILES string of the molecule is O=C(Cc1sccc1Br)c1cnsn1. The lowest BCUT2D eigenvalue weighted by atomic mass is 10.2. The molecule has 6 heteroatoms. The lowest BCUT2D eigenvalue weighted by Crippen LogP contribution is -2.02. The molecule has 72 valence electrons. The predicted octanol–water partition coefficient (Wildman–Crippen LogP) is 2.79. The Morgan fingerprint density at radius 1 is 1.57 bits per heavy atom. The maximum Gasteiger partial charge on any atom is 0.189 e. The van der Waals surface area contributed by atoms with Crippen molar-refractivity contribution < 1.29 is 4.79 Å². The van der Waals surface area contributed by atoms with Crippen LogP contribution in [-0.4, -0.2) is 14.5 Å². The minimum atomic E-state index is 0.0156. The van der Waals surface area contributed by atoms with Gasteiger partial charge in [-0.25, -0.2) is 0 Å². The van der Waals surface area contributed by atoms with Gasteiger partial charge >= 0.3 is 0 Å². The smallest absolute Gasteiger partial charge is 0.189 e. The standard InChI is InChI=1S/C8H5BrN2OS2/c9-5-1-2-13-8(5)3-7(12)6-4-10-14-11-6/h1-2,4H,3H2. The van der Waals surface area contributed by atoms with Gasteiger partial charge in [-0.2, -0.15) is 8.75 Å². The summed E-state index contributed by atoms with van der Waals surface area (Å²) in [6.07, 6.45) is 1.90. The summed E-state index contributed by atoms with van der Waals surface area (Å²) in [4.78, 5) is 12.6. The Morgan fingerprint density at radius 2 is 2.43 bits per heavy atom. The Balaban J connectivity index is 2.13. The zero-order valence-corrected chi connectivity index (χ0v) is 10.2. The fourth-order valence-electron chi connectivity index (χ4n) is 0.975. The van der Waals surface area contributed by atoms with E-state index >= 15 is 0 Å². The van der Waals surface area contributed by atoms with Gasteiger partial charge in [-0.05, 0) is 27.4 Å². The molecule has 0 spiro atoms. The molecule has 0 radical (unpaired) electrons. The first-order chi connectivity index (χ1) is 6.77. The number of rotatable bonds is 3. The van der Waals surface area contributed by atoms with Gasteiger partial charge in [0.25, 0.3) is 0 Å². The van der Waals surface area contributed by atoms with Crippen LogP contribution in [0.25, 0.3) is 0 Å². The van der Waals surface area contributed by atoms with Gasteiger partial charge in [-0.1, -0.05) is 0 Å². The molecule has 2 rings (SSSR count). The molecule has 0 saturated heterocycles. The molecule has 0 aliphatic carbocycles. The number of nitrogens with zero attached hydrogens (tertiary/aromatic N) is 2. The maximum absolute atomic E-state index is 11.6. The van der Waals surface area contributed by atoms with Gasteiger partial charge in [0, 0.05) is 15.8 Å². The largest absolute Gasteiger partial charge is 0.292 e. The van der Waals surface area contributed by atoms with Crippen molar-refractivity contribution in [1.29, 1.82) is 0 Å². The summed E-state index contributed by atoms with van der Waals surface area (Å²) < 4.78 is 8.68. The number of ketones is 1. The van der Waals surface area contributed by atoms with Gasteiger partial charge in [-0.15, -0.1) is 11.3 Å². The first kappa shape index (κ1) is 9.95. The van der Waals surface area contributed by atoms with E-state index in [1.807, 2.05) is 11.4 Å². The summed E-state index contributed by atoms with van der Waals surface area (Å²) >= 11 is 6.00. The van der Waals surface area contributed by atoms with Crippen LogP contribution in [0.4, 0.5) is 0 Å². The normalized spacial score (nSPS) is 10.4. The van der Waals surface area contributed by atoms with E-state index in [4.69, 9.17) is 0 Å². The van der Waals surface area contributed by atoms with E-state index in [9.17, 15) is 4.79 Å². The summed E-state index contributed by atoms with van der Waals surface area (Å²) in [6.45, 7) is 0. The third kappa shape index (κ3) is 2.08. The molecule has 0 N–H and O–H groups in total. The summed E-state index contributed by atoms with van der Waals surface area (Å²) in [7, 11) is 0. The highest BCUT2D eigenvalue weighted by Crippen LogP contribution is 2.23. The second kappa shape index (κ2) is 4.29. The predicted molar refractivity (Wildman–Crippen MR) is 60.0 cm³/mol. The highest BCUT2D eigenvalue weighted by Gasteiger charge is 2.12. The summed E-state index contributed by atoms with van der Waals surface area (Å²) in [6, 6.07) is 1.94. The highest BCUT2D eigenvalue weighted by molar-refractivity contribution is 9.10. The van der Waals surface area contributed by atoms with Crippen molar-refractivity contribution in [3.05, 3.63) is 32.7 Å². The molecule has 2 heterocycles. The van der Waals surface area contributed by atoms with Crippen molar-refractivity contribution in [2.75, 3.05) is 0 Å². The van der Waals surface area contributed by atoms with Crippen LogP contribution >= 0.6 is 39.0 Å². The van der Waals surface area contributed by atoms with E-state index < -0.39 is 0 Å². The van der Waals surface area contributed by atoms with Gasteiger partial charge in [0.1, 0.15) is 5.69 Å². The zero-order chi connectivity index (χ0) is 9.97. The molecule has 0 saturated carbocycles. The minimum Gasteiger partial charge on any atom is -0.292 e. The molecule has 0 atom stereocenters. The summed E-state index contributed by atoms with van der Waals surface area (Å²) in [5, 5.41) is 1.95. The monoisotopic (exact) mass is 288 g/mol. The van der Waals surface area contributed by atoms with Gasteiger partial charge in [0.2, 0.25) is 0 Å². The van der Waals surface area contributed by atoms with Crippen LogP contribution in [0.15, 0.2) is 22.1 Å². The fraction of sp³-hybridized carbons (Fsp3) is 0.125. The average molecular weight is 289 g/mol. The molecule has 0 fully saturated rings. The molecule has 2 aromatic rings. The van der Waals surface area contributed by atoms with Crippen molar-refractivity contribution in [3.8, 4) is 0 Å². The van der Waals surface area contributed by atoms with Crippen LogP contribution in [-0.2, 0) is 6.42 Å². The second-order valence-electron chi connectivity index (χ2n) is 2.58. The number of carbonyl (C=O) groups excluding carboxylic acids is 1. The Hall–Kier alpha value is -0.590. The molecule has 0 aliphatic rings. The van der Waals surface area contributed by atoms with E-state index in [0.717, 1.165) is 21.1 Å². The number of Topliss-reactive ketones (excluding diaryl/α,β-unsaturated/α-hetero) is 1. The van der Waals surface area contributed by atoms with Gasteiger partial charge in [-0.3, -0.25) is 4.79 Å². The van der Waals surface area contributed by atoms with Crippen molar-refractivity contribution in [3.63, 3.8) is 0 Å². The third-order valence-electron chi connectivity index (χ3n) is 1.66. The van der Waals surface area contributed by atoms with Crippen LogP contribution in [0.1, 0.15) is 15.4 Å². The van der Waals surface area contributed by atoms with Crippen molar-refractivity contribution in [2.45, 2.75) is 6.42 Å². The summed E-state index contributed by atoms with van der Waals surface area (Å²) in [5.41, 5.74) is 0.454. The fourth-order valence-corrected chi connectivity index (χ4v) is 2.90. The maximum atomic E-state index is 11.6. The first-order valence-electron chi connectivity index (χ1n) is 3.80. The number of carbonyl (C=O) groups is 1. The topological polar surface area (TPSA) is 42.9 Å². The Kier molecular flexibility index (Phi) is 3.05. The molecular weight excluding hydrogens is 284 g/mol. The molecule has 0 amide bonds. The number of hydrogen-bond donors (Lipinski definition) is 0. The number of aromatic nitrogens is 2. The van der Waals surface area contributed by atoms with Crippen LogP contribution in [0.5, 0.6) is 0 Å². The lowest BCUT2D eigenvalue weighted by Gasteiger charge is -1.94. The van der Waals surface area contributed by atoms with E-state index in [2.05, 4.69) is 24.7 Å². The Labute approximate surface area is 97.2 Å². The molecular formula is C8H5BrN2OS2. The summed E-state index contributed by atoms with van der Waals surface area (Å²) in [5.74, 6) is 0.0156. The molecule has 2 aromatic heterocycles. The Morgan fingerprint density at radius 3 is 3.00 bits per heavy atom. The van der Waals surface area contributed by atoms with Crippen molar-refractivity contribution >= 4 is 44.8 Å². The Bertz CT molecular complexity index is 438. The van der Waals surface area contributed by atoms with Gasteiger partial charge in [0.15, 0.2) is 5.78 Å². The van der Waals surface area contributed by atoms with Crippen molar-refractivity contribution in [1.82, 2.24) is 8.75 Å². The molecule has 3 nitrogen and oxygen atoms in total. The van der Waals surface area contributed by atoms with Crippen LogP contribution < -0.4 is 0 Å². The van der Waals surface area contributed by atoms with Crippen LogP contribution in [0.3, 0.4) is 0 Å². The first-order valence-corrected chi connectivity index (χ1v) is 6.20. The molecule has 14 heavy (non-hydrogen) atoms. The highest BCUT2D eigenvalue weighted by atomic mass is 79.9. The van der Waals surface area contributed by atoms with E-state index in [-0.39, 0.29) is 5.78 Å². The number of hydrogen-bond acceptors (Lipinski definition) is 5. The third-order valence-corrected chi connectivity index (χ3v) is 4.06. The second-order valence-corrected chi connectivity index (χ2v) is 5.00. The average Bonchev–Trinajstić information content (AvgIpc) is 2.77. The zero-order valence-electron chi connectivity index (χ0n) is 6.94. The van der Waals surface area contributed by atoms with Gasteiger partial charge in [0.05, 0.1) is 17.9 Å². The molecule has 0 aliphatic heterocycles. The lowest BCUT2D eigenvalue weighted by molar-refractivity contribution is 0.0990. The number of halogens is 1. The quantitative estimate of drug-likeness (QED) is 0.816. The minimum absolute atomic E-state index is 0.0156. The molecule has 0 bridgehead atoms. The molecule has 0 unspecified atom stereocenters. The van der Waals surface area contributed by atoms with Crippen molar-refractivity contribution in [2.24, 2.45) is 0 Å².